The van der Waals surface area contributed by atoms with Gasteiger partial charge < -0.3 is 4.52 Å². The van der Waals surface area contributed by atoms with Gasteiger partial charge in [0, 0.05) is 15.6 Å². The summed E-state index contributed by atoms with van der Waals surface area (Å²) in [5.41, 5.74) is 1.23. The molecule has 1 heterocycles. The lowest BCUT2D eigenvalue weighted by atomic mass is 10.2. The van der Waals surface area contributed by atoms with E-state index in [0.29, 0.717) is 37.0 Å². The highest BCUT2D eigenvalue weighted by molar-refractivity contribution is 6.37. The van der Waals surface area contributed by atoms with E-state index in [-0.39, 0.29) is 5.89 Å². The third kappa shape index (κ3) is 3.01. The van der Waals surface area contributed by atoms with Crippen LogP contribution in [0.15, 0.2) is 40.9 Å². The molecule has 0 fully saturated rings. The molecule has 0 radical (unpaired) electrons. The quantitative estimate of drug-likeness (QED) is 0.561. The largest absolute Gasteiger partial charge is 0.334 e. The van der Waals surface area contributed by atoms with E-state index in [0.717, 1.165) is 0 Å². The molecule has 106 valence electrons. The highest BCUT2D eigenvalue weighted by Crippen LogP contribution is 2.33. The van der Waals surface area contributed by atoms with Gasteiger partial charge in [-0.2, -0.15) is 4.98 Å². The van der Waals surface area contributed by atoms with Crippen molar-refractivity contribution >= 4 is 46.4 Å². The molecule has 0 bridgehead atoms. The first-order valence-corrected chi connectivity index (χ1v) is 7.30. The second-order valence-electron chi connectivity index (χ2n) is 4.17. The molecule has 2 aromatic carbocycles. The van der Waals surface area contributed by atoms with Gasteiger partial charge in [0.15, 0.2) is 0 Å². The fourth-order valence-corrected chi connectivity index (χ4v) is 2.76. The third-order valence-corrected chi connectivity index (χ3v) is 3.86. The summed E-state index contributed by atoms with van der Waals surface area (Å²) >= 11 is 24.0. The van der Waals surface area contributed by atoms with Crippen LogP contribution in [-0.4, -0.2) is 10.1 Å². The van der Waals surface area contributed by atoms with Gasteiger partial charge in [-0.05, 0) is 36.4 Å². The zero-order valence-electron chi connectivity index (χ0n) is 10.3. The van der Waals surface area contributed by atoms with Crippen LogP contribution in [0.25, 0.3) is 22.8 Å². The summed E-state index contributed by atoms with van der Waals surface area (Å²) in [5, 5.41) is 5.85. The Hall–Kier alpha value is -1.26. The monoisotopic (exact) mass is 358 g/mol. The van der Waals surface area contributed by atoms with Crippen LogP contribution in [-0.2, 0) is 0 Å². The average molecular weight is 360 g/mol. The smallest absolute Gasteiger partial charge is 0.259 e. The van der Waals surface area contributed by atoms with Crippen molar-refractivity contribution in [3.8, 4) is 22.8 Å². The molecule has 0 N–H and O–H groups in total. The molecule has 0 aliphatic rings. The standard InChI is InChI=1S/C14H6Cl4N2O/c15-7-1-3-9(11(17)5-7)13-19-14(21-20-13)10-4-2-8(16)6-12(10)18/h1-6H. The van der Waals surface area contributed by atoms with Crippen molar-refractivity contribution in [1.82, 2.24) is 10.1 Å². The molecule has 0 atom stereocenters. The third-order valence-electron chi connectivity index (χ3n) is 2.76. The Morgan fingerprint density at radius 1 is 0.762 bits per heavy atom. The maximum Gasteiger partial charge on any atom is 0.259 e. The summed E-state index contributed by atoms with van der Waals surface area (Å²) in [7, 11) is 0. The van der Waals surface area contributed by atoms with E-state index in [2.05, 4.69) is 10.1 Å². The molecule has 21 heavy (non-hydrogen) atoms. The minimum absolute atomic E-state index is 0.290. The van der Waals surface area contributed by atoms with Crippen LogP contribution in [0, 0.1) is 0 Å². The number of halogens is 4. The number of benzene rings is 2. The lowest BCUT2D eigenvalue weighted by molar-refractivity contribution is 0.432. The molecule has 1 aromatic heterocycles. The van der Waals surface area contributed by atoms with Crippen molar-refractivity contribution in [2.45, 2.75) is 0 Å². The fraction of sp³-hybridized carbons (Fsp3) is 0. The van der Waals surface area contributed by atoms with Crippen LogP contribution >= 0.6 is 46.4 Å². The van der Waals surface area contributed by atoms with E-state index >= 15 is 0 Å². The van der Waals surface area contributed by atoms with Crippen molar-refractivity contribution in [1.29, 1.82) is 0 Å². The second-order valence-corrected chi connectivity index (χ2v) is 5.86. The van der Waals surface area contributed by atoms with Crippen molar-refractivity contribution in [3.63, 3.8) is 0 Å². The van der Waals surface area contributed by atoms with Gasteiger partial charge in [-0.15, -0.1) is 0 Å². The first kappa shape index (κ1) is 14.7. The predicted molar refractivity (Wildman–Crippen MR) is 85.2 cm³/mol. The average Bonchev–Trinajstić information content (AvgIpc) is 2.87. The minimum atomic E-state index is 0.290. The van der Waals surface area contributed by atoms with Gasteiger partial charge >= 0.3 is 0 Å². The normalized spacial score (nSPS) is 10.9. The van der Waals surface area contributed by atoms with Gasteiger partial charge in [0.25, 0.3) is 5.89 Å². The summed E-state index contributed by atoms with van der Waals surface area (Å²) in [5.74, 6) is 0.648. The van der Waals surface area contributed by atoms with E-state index in [1.165, 1.54) is 0 Å². The fourth-order valence-electron chi connectivity index (χ4n) is 1.78. The molecule has 3 rings (SSSR count). The number of rotatable bonds is 2. The summed E-state index contributed by atoms with van der Waals surface area (Å²) in [4.78, 5) is 4.30. The molecule has 3 nitrogen and oxygen atoms in total. The molecule has 0 aliphatic heterocycles. The highest BCUT2D eigenvalue weighted by Gasteiger charge is 2.15. The minimum Gasteiger partial charge on any atom is -0.334 e. The van der Waals surface area contributed by atoms with Gasteiger partial charge in [0.2, 0.25) is 5.82 Å². The number of aromatic nitrogens is 2. The van der Waals surface area contributed by atoms with E-state index < -0.39 is 0 Å². The van der Waals surface area contributed by atoms with Crippen LogP contribution in [0.1, 0.15) is 0 Å². The molecule has 0 amide bonds. The van der Waals surface area contributed by atoms with Crippen LogP contribution in [0.3, 0.4) is 0 Å². The molecule has 0 spiro atoms. The molecule has 0 aliphatic carbocycles. The van der Waals surface area contributed by atoms with Gasteiger partial charge in [-0.1, -0.05) is 51.6 Å². The van der Waals surface area contributed by atoms with Crippen LogP contribution in [0.2, 0.25) is 20.1 Å². The van der Waals surface area contributed by atoms with Crippen LogP contribution in [0.5, 0.6) is 0 Å². The lowest BCUT2D eigenvalue weighted by Crippen LogP contribution is -1.83. The Morgan fingerprint density at radius 3 is 1.90 bits per heavy atom. The van der Waals surface area contributed by atoms with E-state index in [9.17, 15) is 0 Å². The molecular weight excluding hydrogens is 354 g/mol. The van der Waals surface area contributed by atoms with Gasteiger partial charge in [-0.25, -0.2) is 0 Å². The second kappa shape index (κ2) is 5.85. The van der Waals surface area contributed by atoms with E-state index in [1.54, 1.807) is 36.4 Å². The highest BCUT2D eigenvalue weighted by atomic mass is 35.5. The van der Waals surface area contributed by atoms with Gasteiger partial charge in [0.1, 0.15) is 0 Å². The van der Waals surface area contributed by atoms with Crippen LogP contribution in [0.4, 0.5) is 0 Å². The number of hydrogen-bond acceptors (Lipinski definition) is 3. The first-order valence-electron chi connectivity index (χ1n) is 5.79. The van der Waals surface area contributed by atoms with Gasteiger partial charge in [-0.3, -0.25) is 0 Å². The van der Waals surface area contributed by atoms with Crippen molar-refractivity contribution < 1.29 is 4.52 Å². The van der Waals surface area contributed by atoms with Crippen molar-refractivity contribution in [2.24, 2.45) is 0 Å². The summed E-state index contributed by atoms with van der Waals surface area (Å²) in [6.45, 7) is 0. The zero-order valence-corrected chi connectivity index (χ0v) is 13.3. The Kier molecular flexibility index (Phi) is 4.09. The molecule has 3 aromatic rings. The topological polar surface area (TPSA) is 38.9 Å². The maximum atomic E-state index is 6.12. The lowest BCUT2D eigenvalue weighted by Gasteiger charge is -1.99. The van der Waals surface area contributed by atoms with Crippen LogP contribution < -0.4 is 0 Å². The first-order chi connectivity index (χ1) is 10.0. The Morgan fingerprint density at radius 2 is 1.33 bits per heavy atom. The summed E-state index contributed by atoms with van der Waals surface area (Å²) < 4.78 is 5.23. The maximum absolute atomic E-state index is 6.12. The summed E-state index contributed by atoms with van der Waals surface area (Å²) in [6, 6.07) is 10.1. The van der Waals surface area contributed by atoms with Crippen molar-refractivity contribution in [2.75, 3.05) is 0 Å². The Balaban J connectivity index is 2.03. The number of hydrogen-bond donors (Lipinski definition) is 0. The Labute approximate surface area is 140 Å². The SMILES string of the molecule is Clc1ccc(-c2noc(-c3ccc(Cl)cc3Cl)n2)c(Cl)c1. The zero-order chi connectivity index (χ0) is 15.0. The number of nitrogens with zero attached hydrogens (tertiary/aromatic N) is 2. The Bertz CT molecular complexity index is 750. The molecule has 0 unspecified atom stereocenters. The van der Waals surface area contributed by atoms with E-state index in [4.69, 9.17) is 50.9 Å². The molecule has 0 saturated carbocycles. The van der Waals surface area contributed by atoms with Gasteiger partial charge in [0.05, 0.1) is 15.6 Å². The van der Waals surface area contributed by atoms with E-state index in [1.807, 2.05) is 0 Å². The molecular formula is C14H6Cl4N2O. The molecule has 0 saturated heterocycles. The summed E-state index contributed by atoms with van der Waals surface area (Å²) in [6.07, 6.45) is 0. The predicted octanol–water partition coefficient (Wildman–Crippen LogP) is 6.02. The molecule has 7 heteroatoms. The van der Waals surface area contributed by atoms with Crippen molar-refractivity contribution in [3.05, 3.63) is 56.5 Å².